The Hall–Kier alpha value is -0.320. The van der Waals surface area contributed by atoms with Crippen LogP contribution in [0.5, 0.6) is 5.75 Å². The first-order chi connectivity index (χ1) is 4.83. The average Bonchev–Trinajstić information content (AvgIpc) is 1.88. The van der Waals surface area contributed by atoms with Crippen LogP contribution >= 0.6 is 22.6 Å². The van der Waals surface area contributed by atoms with Crippen LogP contribution in [0.1, 0.15) is 0 Å². The molecule has 0 N–H and O–H groups in total. The molecule has 3 heteroatoms. The van der Waals surface area contributed by atoms with E-state index in [1.54, 1.807) is 12.1 Å². The third-order valence-electron chi connectivity index (χ3n) is 1.02. The standard InChI is InChI=1S/C7H6FIO/c8-6-2-1-3-7(4-6)10-5-9/h1-4H,5H2. The van der Waals surface area contributed by atoms with Crippen molar-refractivity contribution in [2.24, 2.45) is 0 Å². The van der Waals surface area contributed by atoms with Gasteiger partial charge < -0.3 is 4.74 Å². The molecule has 0 saturated carbocycles. The van der Waals surface area contributed by atoms with Crippen molar-refractivity contribution in [2.75, 3.05) is 4.61 Å². The van der Waals surface area contributed by atoms with E-state index in [-0.39, 0.29) is 5.82 Å². The van der Waals surface area contributed by atoms with Gasteiger partial charge in [-0.05, 0) is 34.7 Å². The summed E-state index contributed by atoms with van der Waals surface area (Å²) in [4.78, 5) is 0. The van der Waals surface area contributed by atoms with E-state index < -0.39 is 0 Å². The van der Waals surface area contributed by atoms with Crippen molar-refractivity contribution in [1.29, 1.82) is 0 Å². The Morgan fingerprint density at radius 3 is 2.90 bits per heavy atom. The Bertz CT molecular complexity index is 215. The first-order valence-corrected chi connectivity index (χ1v) is 4.30. The van der Waals surface area contributed by atoms with Crippen molar-refractivity contribution in [3.8, 4) is 5.75 Å². The zero-order valence-corrected chi connectivity index (χ0v) is 7.34. The Labute approximate surface area is 72.3 Å². The zero-order chi connectivity index (χ0) is 7.40. The molecule has 0 amide bonds. The molecule has 0 spiro atoms. The number of rotatable bonds is 2. The minimum absolute atomic E-state index is 0.262. The highest BCUT2D eigenvalue weighted by Gasteiger charge is 1.92. The number of alkyl halides is 1. The molecular formula is C7H6FIO. The van der Waals surface area contributed by atoms with E-state index in [4.69, 9.17) is 4.74 Å². The van der Waals surface area contributed by atoms with Crippen molar-refractivity contribution >= 4 is 22.6 Å². The number of halogens is 2. The van der Waals surface area contributed by atoms with Crippen molar-refractivity contribution in [1.82, 2.24) is 0 Å². The lowest BCUT2D eigenvalue weighted by Crippen LogP contribution is -1.87. The van der Waals surface area contributed by atoms with Crippen molar-refractivity contribution in [2.45, 2.75) is 0 Å². The molecule has 0 saturated heterocycles. The maximum absolute atomic E-state index is 12.4. The second-order valence-electron chi connectivity index (χ2n) is 1.71. The third kappa shape index (κ3) is 2.13. The topological polar surface area (TPSA) is 9.23 Å². The molecule has 0 radical (unpaired) electrons. The van der Waals surface area contributed by atoms with Crippen LogP contribution in [0, 0.1) is 5.82 Å². The molecule has 10 heavy (non-hydrogen) atoms. The van der Waals surface area contributed by atoms with Gasteiger partial charge in [-0.3, -0.25) is 0 Å². The van der Waals surface area contributed by atoms with Gasteiger partial charge in [0.2, 0.25) is 0 Å². The summed E-state index contributed by atoms with van der Waals surface area (Å²) in [5, 5.41) is 0. The number of ether oxygens (including phenoxy) is 1. The molecule has 0 heterocycles. The van der Waals surface area contributed by atoms with Gasteiger partial charge in [0.05, 0.1) is 0 Å². The fourth-order valence-corrected chi connectivity index (χ4v) is 0.979. The molecule has 0 aliphatic heterocycles. The lowest BCUT2D eigenvalue weighted by atomic mass is 10.3. The van der Waals surface area contributed by atoms with Crippen LogP contribution in [-0.4, -0.2) is 4.61 Å². The summed E-state index contributed by atoms with van der Waals surface area (Å²) in [7, 11) is 0. The smallest absolute Gasteiger partial charge is 0.139 e. The molecule has 1 rings (SSSR count). The van der Waals surface area contributed by atoms with Gasteiger partial charge in [0.1, 0.15) is 16.2 Å². The fraction of sp³-hybridized carbons (Fsp3) is 0.143. The number of benzene rings is 1. The molecule has 0 unspecified atom stereocenters. The minimum atomic E-state index is -0.262. The first kappa shape index (κ1) is 7.78. The normalized spacial score (nSPS) is 9.40. The summed E-state index contributed by atoms with van der Waals surface area (Å²) in [5.74, 6) is 0.316. The summed E-state index contributed by atoms with van der Waals surface area (Å²) in [6.07, 6.45) is 0. The maximum Gasteiger partial charge on any atom is 0.139 e. The van der Waals surface area contributed by atoms with Crippen LogP contribution in [-0.2, 0) is 0 Å². The molecule has 54 valence electrons. The van der Waals surface area contributed by atoms with Crippen molar-refractivity contribution in [3.63, 3.8) is 0 Å². The van der Waals surface area contributed by atoms with Gasteiger partial charge in [-0.1, -0.05) is 6.07 Å². The van der Waals surface area contributed by atoms with Crippen LogP contribution in [0.2, 0.25) is 0 Å². The monoisotopic (exact) mass is 252 g/mol. The van der Waals surface area contributed by atoms with Gasteiger partial charge in [-0.25, -0.2) is 4.39 Å². The molecule has 1 aromatic carbocycles. The van der Waals surface area contributed by atoms with Gasteiger partial charge in [0, 0.05) is 6.07 Å². The predicted molar refractivity (Wildman–Crippen MR) is 45.9 cm³/mol. The van der Waals surface area contributed by atoms with E-state index in [0.29, 0.717) is 10.4 Å². The molecule has 0 aromatic heterocycles. The summed E-state index contributed by atoms with van der Waals surface area (Å²) in [6.45, 7) is 0. The van der Waals surface area contributed by atoms with Gasteiger partial charge in [0.25, 0.3) is 0 Å². The molecule has 0 aliphatic carbocycles. The lowest BCUT2D eigenvalue weighted by Gasteiger charge is -1.99. The van der Waals surface area contributed by atoms with E-state index >= 15 is 0 Å². The summed E-state index contributed by atoms with van der Waals surface area (Å²) in [6, 6.07) is 6.09. The van der Waals surface area contributed by atoms with Gasteiger partial charge in [-0.2, -0.15) is 0 Å². The molecule has 0 bridgehead atoms. The Kier molecular flexibility index (Phi) is 2.92. The van der Waals surface area contributed by atoms with Gasteiger partial charge in [0.15, 0.2) is 0 Å². The summed E-state index contributed by atoms with van der Waals surface area (Å²) >= 11 is 2.06. The van der Waals surface area contributed by atoms with Crippen LogP contribution < -0.4 is 4.74 Å². The highest BCUT2D eigenvalue weighted by Crippen LogP contribution is 2.12. The number of hydrogen-bond donors (Lipinski definition) is 0. The maximum atomic E-state index is 12.4. The molecule has 0 atom stereocenters. The quantitative estimate of drug-likeness (QED) is 0.580. The van der Waals surface area contributed by atoms with Crippen LogP contribution in [0.15, 0.2) is 24.3 Å². The Morgan fingerprint density at radius 2 is 2.30 bits per heavy atom. The predicted octanol–water partition coefficient (Wildman–Crippen LogP) is 2.60. The SMILES string of the molecule is Fc1cccc(OCI)c1. The third-order valence-corrected chi connectivity index (χ3v) is 1.33. The second kappa shape index (κ2) is 3.75. The largest absolute Gasteiger partial charge is 0.483 e. The zero-order valence-electron chi connectivity index (χ0n) is 5.18. The highest BCUT2D eigenvalue weighted by molar-refractivity contribution is 14.1. The van der Waals surface area contributed by atoms with E-state index in [1.807, 2.05) is 0 Å². The summed E-state index contributed by atoms with van der Waals surface area (Å²) in [5.41, 5.74) is 0. The second-order valence-corrected chi connectivity index (χ2v) is 2.33. The van der Waals surface area contributed by atoms with Gasteiger partial charge in [-0.15, -0.1) is 0 Å². The molecule has 0 aliphatic rings. The van der Waals surface area contributed by atoms with E-state index in [1.165, 1.54) is 12.1 Å². The van der Waals surface area contributed by atoms with Crippen LogP contribution in [0.25, 0.3) is 0 Å². The van der Waals surface area contributed by atoms with Crippen LogP contribution in [0.4, 0.5) is 4.39 Å². The van der Waals surface area contributed by atoms with Crippen LogP contribution in [0.3, 0.4) is 0 Å². The lowest BCUT2D eigenvalue weighted by molar-refractivity contribution is 0.401. The van der Waals surface area contributed by atoms with E-state index in [9.17, 15) is 4.39 Å². The molecule has 1 aromatic rings. The van der Waals surface area contributed by atoms with Crippen molar-refractivity contribution < 1.29 is 9.13 Å². The Balaban J connectivity index is 2.75. The Morgan fingerprint density at radius 1 is 1.50 bits per heavy atom. The highest BCUT2D eigenvalue weighted by atomic mass is 127. The average molecular weight is 252 g/mol. The fourth-order valence-electron chi connectivity index (χ4n) is 0.620. The first-order valence-electron chi connectivity index (χ1n) is 2.77. The molecular weight excluding hydrogens is 246 g/mol. The van der Waals surface area contributed by atoms with E-state index in [0.717, 1.165) is 0 Å². The van der Waals surface area contributed by atoms with Gasteiger partial charge >= 0.3 is 0 Å². The molecule has 0 fully saturated rings. The molecule has 1 nitrogen and oxygen atoms in total. The van der Waals surface area contributed by atoms with E-state index in [2.05, 4.69) is 22.6 Å². The minimum Gasteiger partial charge on any atom is -0.483 e. The number of hydrogen-bond acceptors (Lipinski definition) is 1. The summed E-state index contributed by atoms with van der Waals surface area (Å²) < 4.78 is 18.0. The van der Waals surface area contributed by atoms with Crippen molar-refractivity contribution in [3.05, 3.63) is 30.1 Å².